The van der Waals surface area contributed by atoms with Crippen molar-refractivity contribution < 1.29 is 14.4 Å². The van der Waals surface area contributed by atoms with Crippen LogP contribution in [0.5, 0.6) is 0 Å². The first kappa shape index (κ1) is 23.5. The minimum atomic E-state index is -0.211. The van der Waals surface area contributed by atoms with Crippen LogP contribution >= 0.6 is 0 Å². The Morgan fingerprint density at radius 3 is 1.91 bits per heavy atom. The van der Waals surface area contributed by atoms with Crippen LogP contribution in [0.3, 0.4) is 0 Å². The van der Waals surface area contributed by atoms with E-state index in [2.05, 4.69) is 21.3 Å². The minimum Gasteiger partial charge on any atom is -0.376 e. The Morgan fingerprint density at radius 2 is 1.24 bits per heavy atom. The lowest BCUT2D eigenvalue weighted by Crippen LogP contribution is -2.21. The Hall–Kier alpha value is -4.13. The van der Waals surface area contributed by atoms with Crippen molar-refractivity contribution >= 4 is 40.5 Å². The highest BCUT2D eigenvalue weighted by Gasteiger charge is 2.06. The van der Waals surface area contributed by atoms with Gasteiger partial charge in [-0.1, -0.05) is 43.3 Å². The maximum Gasteiger partial charge on any atom is 0.243 e. The molecule has 7 nitrogen and oxygen atoms in total. The zero-order valence-corrected chi connectivity index (χ0v) is 18.6. The number of amides is 3. The summed E-state index contributed by atoms with van der Waals surface area (Å²) in [6.07, 6.45) is 1.48. The Balaban J connectivity index is 1.43. The standard InChI is InChI=1S/C26H28N4O3/c1-2-24(31)30-23-10-6-9-22(17-23)27-18-26(33)29-21-14-12-20(13-15-21)28-25(32)16-11-19-7-4-3-5-8-19/h3-10,12-15,17,27H,2,11,16,18H2,1H3,(H,28,32)(H,29,33)(H,30,31). The van der Waals surface area contributed by atoms with Crippen LogP contribution in [-0.2, 0) is 20.8 Å². The van der Waals surface area contributed by atoms with Crippen molar-refractivity contribution in [3.05, 3.63) is 84.4 Å². The maximum absolute atomic E-state index is 12.3. The van der Waals surface area contributed by atoms with Crippen molar-refractivity contribution in [3.63, 3.8) is 0 Å². The van der Waals surface area contributed by atoms with Gasteiger partial charge in [0.1, 0.15) is 0 Å². The number of hydrogen-bond donors (Lipinski definition) is 4. The fourth-order valence-electron chi connectivity index (χ4n) is 3.11. The third-order valence-electron chi connectivity index (χ3n) is 4.86. The summed E-state index contributed by atoms with van der Waals surface area (Å²) in [4.78, 5) is 35.9. The van der Waals surface area contributed by atoms with Crippen LogP contribution in [0.15, 0.2) is 78.9 Å². The molecule has 170 valence electrons. The highest BCUT2D eigenvalue weighted by molar-refractivity contribution is 5.95. The monoisotopic (exact) mass is 444 g/mol. The molecule has 0 aliphatic heterocycles. The van der Waals surface area contributed by atoms with Gasteiger partial charge in [0.2, 0.25) is 17.7 Å². The van der Waals surface area contributed by atoms with Crippen molar-refractivity contribution in [2.24, 2.45) is 0 Å². The molecule has 0 saturated heterocycles. The van der Waals surface area contributed by atoms with Crippen LogP contribution in [0, 0.1) is 0 Å². The second-order valence-corrected chi connectivity index (χ2v) is 7.50. The van der Waals surface area contributed by atoms with Gasteiger partial charge in [-0.3, -0.25) is 14.4 Å². The lowest BCUT2D eigenvalue weighted by atomic mass is 10.1. The molecule has 0 spiro atoms. The van der Waals surface area contributed by atoms with Gasteiger partial charge in [0.25, 0.3) is 0 Å². The highest BCUT2D eigenvalue weighted by atomic mass is 16.2. The molecular weight excluding hydrogens is 416 g/mol. The lowest BCUT2D eigenvalue weighted by molar-refractivity contribution is -0.116. The zero-order chi connectivity index (χ0) is 23.5. The average molecular weight is 445 g/mol. The van der Waals surface area contributed by atoms with Gasteiger partial charge in [0.05, 0.1) is 6.54 Å². The van der Waals surface area contributed by atoms with Crippen molar-refractivity contribution in [2.45, 2.75) is 26.2 Å². The molecule has 0 saturated carbocycles. The van der Waals surface area contributed by atoms with Gasteiger partial charge in [-0.05, 0) is 54.4 Å². The largest absolute Gasteiger partial charge is 0.376 e. The van der Waals surface area contributed by atoms with Crippen molar-refractivity contribution in [3.8, 4) is 0 Å². The molecule has 0 bridgehead atoms. The molecular formula is C26H28N4O3. The van der Waals surface area contributed by atoms with Gasteiger partial charge in [0.15, 0.2) is 0 Å². The number of anilines is 4. The fourth-order valence-corrected chi connectivity index (χ4v) is 3.11. The van der Waals surface area contributed by atoms with Gasteiger partial charge in [-0.2, -0.15) is 0 Å². The van der Waals surface area contributed by atoms with E-state index in [1.165, 1.54) is 0 Å². The molecule has 3 amide bonds. The van der Waals surface area contributed by atoms with Crippen LogP contribution in [-0.4, -0.2) is 24.3 Å². The summed E-state index contributed by atoms with van der Waals surface area (Å²) in [7, 11) is 0. The van der Waals surface area contributed by atoms with E-state index in [1.807, 2.05) is 36.4 Å². The molecule has 7 heteroatoms. The van der Waals surface area contributed by atoms with Gasteiger partial charge in [-0.15, -0.1) is 0 Å². The molecule has 3 aromatic carbocycles. The van der Waals surface area contributed by atoms with Gasteiger partial charge >= 0.3 is 0 Å². The predicted octanol–water partition coefficient (Wildman–Crippen LogP) is 4.66. The van der Waals surface area contributed by atoms with Crippen LogP contribution in [0.25, 0.3) is 0 Å². The van der Waals surface area contributed by atoms with E-state index in [0.717, 1.165) is 11.3 Å². The first-order chi connectivity index (χ1) is 16.0. The maximum atomic E-state index is 12.3. The van der Waals surface area contributed by atoms with Crippen molar-refractivity contribution in [2.75, 3.05) is 27.8 Å². The number of hydrogen-bond acceptors (Lipinski definition) is 4. The summed E-state index contributed by atoms with van der Waals surface area (Å²) < 4.78 is 0. The molecule has 0 aliphatic rings. The van der Waals surface area contributed by atoms with E-state index in [0.29, 0.717) is 36.3 Å². The van der Waals surface area contributed by atoms with E-state index in [-0.39, 0.29) is 24.3 Å². The molecule has 0 aromatic heterocycles. The van der Waals surface area contributed by atoms with Crippen LogP contribution in [0.4, 0.5) is 22.7 Å². The van der Waals surface area contributed by atoms with Gasteiger partial charge in [-0.25, -0.2) is 0 Å². The van der Waals surface area contributed by atoms with E-state index in [9.17, 15) is 14.4 Å². The quantitative estimate of drug-likeness (QED) is 0.366. The Bertz CT molecular complexity index is 1080. The fraction of sp³-hybridized carbons (Fsp3) is 0.192. The average Bonchev–Trinajstić information content (AvgIpc) is 2.83. The summed E-state index contributed by atoms with van der Waals surface area (Å²) in [5, 5.41) is 11.5. The molecule has 0 fully saturated rings. The third-order valence-corrected chi connectivity index (χ3v) is 4.86. The minimum absolute atomic E-state index is 0.0582. The lowest BCUT2D eigenvalue weighted by Gasteiger charge is -2.10. The summed E-state index contributed by atoms with van der Waals surface area (Å²) in [6, 6.07) is 24.1. The number of benzene rings is 3. The van der Waals surface area contributed by atoms with Crippen molar-refractivity contribution in [1.29, 1.82) is 0 Å². The second kappa shape index (κ2) is 12.0. The number of rotatable bonds is 10. The summed E-state index contributed by atoms with van der Waals surface area (Å²) >= 11 is 0. The van der Waals surface area contributed by atoms with E-state index in [1.54, 1.807) is 49.4 Å². The van der Waals surface area contributed by atoms with Gasteiger partial charge < -0.3 is 21.3 Å². The second-order valence-electron chi connectivity index (χ2n) is 7.50. The molecule has 3 rings (SSSR count). The molecule has 0 unspecified atom stereocenters. The molecule has 0 atom stereocenters. The molecule has 0 aliphatic carbocycles. The Morgan fingerprint density at radius 1 is 0.636 bits per heavy atom. The SMILES string of the molecule is CCC(=O)Nc1cccc(NCC(=O)Nc2ccc(NC(=O)CCc3ccccc3)cc2)c1. The number of carbonyl (C=O) groups excluding carboxylic acids is 3. The van der Waals surface area contributed by atoms with Crippen molar-refractivity contribution in [1.82, 2.24) is 0 Å². The van der Waals surface area contributed by atoms with Crippen LogP contribution in [0.1, 0.15) is 25.3 Å². The summed E-state index contributed by atoms with van der Waals surface area (Å²) in [5.74, 6) is -0.337. The number of carbonyl (C=O) groups is 3. The summed E-state index contributed by atoms with van der Waals surface area (Å²) in [6.45, 7) is 1.86. The predicted molar refractivity (Wildman–Crippen MR) is 132 cm³/mol. The molecule has 4 N–H and O–H groups in total. The topological polar surface area (TPSA) is 99.3 Å². The number of nitrogens with one attached hydrogen (secondary N) is 4. The summed E-state index contributed by atoms with van der Waals surface area (Å²) in [5.41, 5.74) is 3.83. The first-order valence-corrected chi connectivity index (χ1v) is 10.9. The van der Waals surface area contributed by atoms with E-state index in [4.69, 9.17) is 0 Å². The molecule has 3 aromatic rings. The van der Waals surface area contributed by atoms with Crippen LogP contribution in [0.2, 0.25) is 0 Å². The Kier molecular flexibility index (Phi) is 8.59. The zero-order valence-electron chi connectivity index (χ0n) is 18.6. The molecule has 0 radical (unpaired) electrons. The van der Waals surface area contributed by atoms with Crippen LogP contribution < -0.4 is 21.3 Å². The first-order valence-electron chi connectivity index (χ1n) is 10.9. The molecule has 33 heavy (non-hydrogen) atoms. The number of aryl methyl sites for hydroxylation is 1. The molecule has 0 heterocycles. The Labute approximate surface area is 193 Å². The highest BCUT2D eigenvalue weighted by Crippen LogP contribution is 2.16. The third kappa shape index (κ3) is 8.14. The smallest absolute Gasteiger partial charge is 0.243 e. The van der Waals surface area contributed by atoms with Gasteiger partial charge in [0, 0.05) is 35.6 Å². The van der Waals surface area contributed by atoms with E-state index >= 15 is 0 Å². The van der Waals surface area contributed by atoms with E-state index < -0.39 is 0 Å². The normalized spacial score (nSPS) is 10.2.